The minimum absolute atomic E-state index is 0.00981. The third kappa shape index (κ3) is 5.90. The molecule has 0 heterocycles. The van der Waals surface area contributed by atoms with E-state index in [9.17, 15) is 9.59 Å². The van der Waals surface area contributed by atoms with Crippen molar-refractivity contribution in [2.45, 2.75) is 19.8 Å². The number of nitrogens with one attached hydrogen (secondary N) is 2. The van der Waals surface area contributed by atoms with Crippen LogP contribution in [0.1, 0.15) is 18.9 Å². The highest BCUT2D eigenvalue weighted by Crippen LogP contribution is 2.11. The highest BCUT2D eigenvalue weighted by atomic mass is 16.5. The number of amides is 2. The predicted molar refractivity (Wildman–Crippen MR) is 73.0 cm³/mol. The molecule has 2 N–H and O–H groups in total. The van der Waals surface area contributed by atoms with Crippen LogP contribution in [0.15, 0.2) is 24.3 Å². The average Bonchev–Trinajstić information content (AvgIpc) is 2.44. The molecule has 1 aromatic carbocycles. The fourth-order valence-electron chi connectivity index (χ4n) is 1.52. The Balaban J connectivity index is 2.25. The molecule has 0 aliphatic carbocycles. The van der Waals surface area contributed by atoms with E-state index >= 15 is 0 Å². The highest BCUT2D eigenvalue weighted by Gasteiger charge is 2.03. The van der Waals surface area contributed by atoms with Crippen molar-refractivity contribution in [2.75, 3.05) is 20.2 Å². The molecule has 1 rings (SSSR count). The maximum absolute atomic E-state index is 11.6. The third-order valence-corrected chi connectivity index (χ3v) is 2.61. The van der Waals surface area contributed by atoms with Gasteiger partial charge in [0, 0.05) is 19.5 Å². The zero-order valence-electron chi connectivity index (χ0n) is 11.4. The molecule has 0 unspecified atom stereocenters. The highest BCUT2D eigenvalue weighted by molar-refractivity contribution is 5.78. The summed E-state index contributed by atoms with van der Waals surface area (Å²) in [6, 6.07) is 7.36. The molecule has 104 valence electrons. The summed E-state index contributed by atoms with van der Waals surface area (Å²) in [6.45, 7) is 2.69. The zero-order chi connectivity index (χ0) is 14.1. The lowest BCUT2D eigenvalue weighted by molar-refractivity contribution is -0.122. The van der Waals surface area contributed by atoms with Crippen molar-refractivity contribution in [1.29, 1.82) is 0 Å². The largest absolute Gasteiger partial charge is 0.497 e. The van der Waals surface area contributed by atoms with Crippen LogP contribution in [-0.2, 0) is 16.0 Å². The fourth-order valence-corrected chi connectivity index (χ4v) is 1.52. The Labute approximate surface area is 113 Å². The monoisotopic (exact) mass is 264 g/mol. The number of hydrogen-bond donors (Lipinski definition) is 2. The molecule has 0 fully saturated rings. The second kappa shape index (κ2) is 8.13. The van der Waals surface area contributed by atoms with E-state index in [1.54, 1.807) is 14.0 Å². The van der Waals surface area contributed by atoms with Crippen molar-refractivity contribution in [2.24, 2.45) is 0 Å². The van der Waals surface area contributed by atoms with E-state index in [-0.39, 0.29) is 11.8 Å². The molecule has 0 bridgehead atoms. The summed E-state index contributed by atoms with van der Waals surface area (Å²) in [5.41, 5.74) is 0.927. The van der Waals surface area contributed by atoms with Crippen molar-refractivity contribution in [3.8, 4) is 5.75 Å². The van der Waals surface area contributed by atoms with Crippen LogP contribution in [0.4, 0.5) is 0 Å². The Hall–Kier alpha value is -2.04. The first kappa shape index (κ1) is 15.0. The molecule has 0 aromatic heterocycles. The minimum atomic E-state index is -0.0593. The second-order valence-electron chi connectivity index (χ2n) is 4.08. The molecule has 5 heteroatoms. The SMILES string of the molecule is CCC(=O)NCCNC(=O)Cc1ccc(OC)cc1. The molecule has 1 aromatic rings. The number of rotatable bonds is 7. The molecule has 0 spiro atoms. The maximum Gasteiger partial charge on any atom is 0.224 e. The van der Waals surface area contributed by atoms with Gasteiger partial charge in [-0.1, -0.05) is 19.1 Å². The van der Waals surface area contributed by atoms with E-state index in [1.807, 2.05) is 24.3 Å². The Morgan fingerprint density at radius 3 is 2.16 bits per heavy atom. The van der Waals surface area contributed by atoms with Gasteiger partial charge in [0.15, 0.2) is 0 Å². The Kier molecular flexibility index (Phi) is 6.43. The van der Waals surface area contributed by atoms with Crippen LogP contribution in [0.3, 0.4) is 0 Å². The van der Waals surface area contributed by atoms with Crippen molar-refractivity contribution in [3.05, 3.63) is 29.8 Å². The van der Waals surface area contributed by atoms with Crippen LogP contribution in [-0.4, -0.2) is 32.0 Å². The molecule has 0 radical (unpaired) electrons. The van der Waals surface area contributed by atoms with Gasteiger partial charge in [0.25, 0.3) is 0 Å². The summed E-state index contributed by atoms with van der Waals surface area (Å²) < 4.78 is 5.05. The molecule has 0 saturated heterocycles. The normalized spacial score (nSPS) is 9.79. The zero-order valence-corrected chi connectivity index (χ0v) is 11.4. The lowest BCUT2D eigenvalue weighted by Crippen LogP contribution is -2.35. The van der Waals surface area contributed by atoms with Gasteiger partial charge in [-0.3, -0.25) is 9.59 Å². The number of carbonyl (C=O) groups is 2. The third-order valence-electron chi connectivity index (χ3n) is 2.61. The van der Waals surface area contributed by atoms with Gasteiger partial charge < -0.3 is 15.4 Å². The van der Waals surface area contributed by atoms with Crippen molar-refractivity contribution in [3.63, 3.8) is 0 Å². The lowest BCUT2D eigenvalue weighted by Gasteiger charge is -2.07. The van der Waals surface area contributed by atoms with Crippen molar-refractivity contribution >= 4 is 11.8 Å². The van der Waals surface area contributed by atoms with E-state index in [4.69, 9.17) is 4.74 Å². The Morgan fingerprint density at radius 2 is 1.63 bits per heavy atom. The molecule has 0 aliphatic rings. The average molecular weight is 264 g/mol. The topological polar surface area (TPSA) is 67.4 Å². The summed E-state index contributed by atoms with van der Waals surface area (Å²) in [7, 11) is 1.60. The molecule has 2 amide bonds. The summed E-state index contributed by atoms with van der Waals surface area (Å²) in [5.74, 6) is 0.701. The number of benzene rings is 1. The molecule has 0 aliphatic heterocycles. The van der Waals surface area contributed by atoms with Crippen LogP contribution in [0.5, 0.6) is 5.75 Å². The molecule has 0 atom stereocenters. The van der Waals surface area contributed by atoms with Crippen LogP contribution in [0.2, 0.25) is 0 Å². The standard InChI is InChI=1S/C14H20N2O3/c1-3-13(17)15-8-9-16-14(18)10-11-4-6-12(19-2)7-5-11/h4-7H,3,8-10H2,1-2H3,(H,15,17)(H,16,18). The van der Waals surface area contributed by atoms with Crippen molar-refractivity contribution in [1.82, 2.24) is 10.6 Å². The molecule has 19 heavy (non-hydrogen) atoms. The molecular formula is C14H20N2O3. The Morgan fingerprint density at radius 1 is 1.05 bits per heavy atom. The van der Waals surface area contributed by atoms with E-state index in [0.29, 0.717) is 25.9 Å². The van der Waals surface area contributed by atoms with Crippen LogP contribution in [0, 0.1) is 0 Å². The molecule has 5 nitrogen and oxygen atoms in total. The van der Waals surface area contributed by atoms with Gasteiger partial charge in [0.2, 0.25) is 11.8 Å². The fraction of sp³-hybridized carbons (Fsp3) is 0.429. The summed E-state index contributed by atoms with van der Waals surface area (Å²) in [4.78, 5) is 22.6. The van der Waals surface area contributed by atoms with Gasteiger partial charge in [-0.25, -0.2) is 0 Å². The van der Waals surface area contributed by atoms with Crippen LogP contribution >= 0.6 is 0 Å². The van der Waals surface area contributed by atoms with Crippen LogP contribution in [0.25, 0.3) is 0 Å². The quantitative estimate of drug-likeness (QED) is 0.718. The smallest absolute Gasteiger partial charge is 0.224 e. The lowest BCUT2D eigenvalue weighted by atomic mass is 10.1. The summed E-state index contributed by atoms with van der Waals surface area (Å²) >= 11 is 0. The first-order valence-electron chi connectivity index (χ1n) is 6.32. The van der Waals surface area contributed by atoms with E-state index in [0.717, 1.165) is 11.3 Å². The van der Waals surface area contributed by atoms with E-state index in [1.165, 1.54) is 0 Å². The number of hydrogen-bond acceptors (Lipinski definition) is 3. The van der Waals surface area contributed by atoms with Gasteiger partial charge in [0.1, 0.15) is 5.75 Å². The minimum Gasteiger partial charge on any atom is -0.497 e. The molecule has 0 saturated carbocycles. The van der Waals surface area contributed by atoms with E-state index in [2.05, 4.69) is 10.6 Å². The number of methoxy groups -OCH3 is 1. The first-order chi connectivity index (χ1) is 9.15. The molecular weight excluding hydrogens is 244 g/mol. The first-order valence-corrected chi connectivity index (χ1v) is 6.32. The van der Waals surface area contributed by atoms with Gasteiger partial charge in [-0.15, -0.1) is 0 Å². The second-order valence-corrected chi connectivity index (χ2v) is 4.08. The summed E-state index contributed by atoms with van der Waals surface area (Å²) in [5, 5.41) is 5.45. The predicted octanol–water partition coefficient (Wildman–Crippen LogP) is 0.880. The van der Waals surface area contributed by atoms with Gasteiger partial charge in [-0.05, 0) is 17.7 Å². The van der Waals surface area contributed by atoms with Gasteiger partial charge in [-0.2, -0.15) is 0 Å². The van der Waals surface area contributed by atoms with Crippen molar-refractivity contribution < 1.29 is 14.3 Å². The number of ether oxygens (including phenoxy) is 1. The van der Waals surface area contributed by atoms with E-state index < -0.39 is 0 Å². The Bertz CT molecular complexity index is 415. The van der Waals surface area contributed by atoms with Gasteiger partial charge >= 0.3 is 0 Å². The van der Waals surface area contributed by atoms with Gasteiger partial charge in [0.05, 0.1) is 13.5 Å². The maximum atomic E-state index is 11.6. The van der Waals surface area contributed by atoms with Crippen LogP contribution < -0.4 is 15.4 Å². The number of carbonyl (C=O) groups excluding carboxylic acids is 2. The summed E-state index contributed by atoms with van der Waals surface area (Å²) in [6.07, 6.45) is 0.783.